The monoisotopic (exact) mass is 214 g/mol. The van der Waals surface area contributed by atoms with Gasteiger partial charge in [0, 0.05) is 17.8 Å². The van der Waals surface area contributed by atoms with Gasteiger partial charge in [-0.3, -0.25) is 4.98 Å². The summed E-state index contributed by atoms with van der Waals surface area (Å²) in [6, 6.07) is 5.82. The van der Waals surface area contributed by atoms with Crippen molar-refractivity contribution in [3.63, 3.8) is 0 Å². The second-order valence-electron chi connectivity index (χ2n) is 3.01. The van der Waals surface area contributed by atoms with Gasteiger partial charge in [0.2, 0.25) is 0 Å². The van der Waals surface area contributed by atoms with Crippen molar-refractivity contribution >= 4 is 22.2 Å². The van der Waals surface area contributed by atoms with Crippen molar-refractivity contribution in [2.45, 2.75) is 0 Å². The van der Waals surface area contributed by atoms with Gasteiger partial charge < -0.3 is 0 Å². The maximum absolute atomic E-state index is 4.49. The number of hydrogen-bond acceptors (Lipinski definition) is 5. The molecule has 0 N–H and O–H groups in total. The van der Waals surface area contributed by atoms with Crippen LogP contribution < -0.4 is 0 Å². The van der Waals surface area contributed by atoms with Crippen LogP contribution in [0, 0.1) is 0 Å². The van der Waals surface area contributed by atoms with Gasteiger partial charge in [-0.05, 0) is 18.2 Å². The molecule has 3 heterocycles. The molecule has 0 amide bonds. The molecule has 0 bridgehead atoms. The Labute approximate surface area is 89.7 Å². The van der Waals surface area contributed by atoms with Crippen LogP contribution >= 0.6 is 11.3 Å². The summed E-state index contributed by atoms with van der Waals surface area (Å²) in [6.45, 7) is 0. The first-order chi connectivity index (χ1) is 7.43. The summed E-state index contributed by atoms with van der Waals surface area (Å²) in [5.41, 5.74) is 3.49. The second kappa shape index (κ2) is 3.36. The number of pyridine rings is 2. The first kappa shape index (κ1) is 8.43. The van der Waals surface area contributed by atoms with E-state index in [1.54, 1.807) is 17.9 Å². The first-order valence-corrected chi connectivity index (χ1v) is 5.29. The van der Waals surface area contributed by atoms with Gasteiger partial charge in [-0.15, -0.1) is 10.2 Å². The molecule has 0 aromatic carbocycles. The predicted molar refractivity (Wildman–Crippen MR) is 58.4 cm³/mol. The topological polar surface area (TPSA) is 51.6 Å². The van der Waals surface area contributed by atoms with Crippen molar-refractivity contribution in [2.75, 3.05) is 0 Å². The largest absolute Gasteiger partial charge is 0.264 e. The Kier molecular flexibility index (Phi) is 1.89. The van der Waals surface area contributed by atoms with Crippen LogP contribution in [0.5, 0.6) is 0 Å². The molecule has 72 valence electrons. The van der Waals surface area contributed by atoms with Gasteiger partial charge in [0.05, 0.1) is 5.52 Å². The van der Waals surface area contributed by atoms with Gasteiger partial charge in [-0.1, -0.05) is 11.3 Å². The van der Waals surface area contributed by atoms with Crippen LogP contribution in [0.25, 0.3) is 21.6 Å². The molecule has 0 saturated heterocycles. The van der Waals surface area contributed by atoms with Crippen LogP contribution in [0.3, 0.4) is 0 Å². The van der Waals surface area contributed by atoms with E-state index in [0.717, 1.165) is 21.6 Å². The molecule has 3 aromatic rings. The van der Waals surface area contributed by atoms with Crippen LogP contribution in [0.15, 0.2) is 36.1 Å². The summed E-state index contributed by atoms with van der Waals surface area (Å²) >= 11 is 1.48. The molecule has 3 aromatic heterocycles. The van der Waals surface area contributed by atoms with Crippen molar-refractivity contribution in [1.29, 1.82) is 0 Å². The highest BCUT2D eigenvalue weighted by Crippen LogP contribution is 2.20. The van der Waals surface area contributed by atoms with Crippen molar-refractivity contribution < 1.29 is 0 Å². The lowest BCUT2D eigenvalue weighted by molar-refractivity contribution is 1.09. The van der Waals surface area contributed by atoms with E-state index >= 15 is 0 Å². The Balaban J connectivity index is 2.22. The molecular formula is C10H6N4S. The normalized spacial score (nSPS) is 10.7. The summed E-state index contributed by atoms with van der Waals surface area (Å²) in [6.07, 6.45) is 3.53. The minimum absolute atomic E-state index is 0.841. The first-order valence-electron chi connectivity index (χ1n) is 4.41. The number of rotatable bonds is 1. The predicted octanol–water partition coefficient (Wildman–Crippen LogP) is 2.15. The fourth-order valence-corrected chi connectivity index (χ4v) is 1.89. The van der Waals surface area contributed by atoms with Crippen molar-refractivity contribution in [2.24, 2.45) is 0 Å². The quantitative estimate of drug-likeness (QED) is 0.622. The van der Waals surface area contributed by atoms with E-state index in [4.69, 9.17) is 0 Å². The summed E-state index contributed by atoms with van der Waals surface area (Å²) in [5, 5.41) is 9.65. The van der Waals surface area contributed by atoms with Crippen molar-refractivity contribution in [3.05, 3.63) is 36.1 Å². The number of nitrogens with zero attached hydrogens (tertiary/aromatic N) is 4. The van der Waals surface area contributed by atoms with Crippen LogP contribution in [0.1, 0.15) is 0 Å². The summed E-state index contributed by atoms with van der Waals surface area (Å²) < 4.78 is 0. The fourth-order valence-electron chi connectivity index (χ4n) is 1.37. The zero-order valence-corrected chi connectivity index (χ0v) is 8.48. The van der Waals surface area contributed by atoms with E-state index in [9.17, 15) is 0 Å². The Bertz CT molecular complexity index is 591. The highest BCUT2D eigenvalue weighted by atomic mass is 32.1. The minimum atomic E-state index is 0.841. The minimum Gasteiger partial charge on any atom is -0.264 e. The summed E-state index contributed by atoms with van der Waals surface area (Å²) in [5.74, 6) is 0. The molecule has 0 saturated carbocycles. The van der Waals surface area contributed by atoms with Crippen molar-refractivity contribution in [3.8, 4) is 10.7 Å². The van der Waals surface area contributed by atoms with Gasteiger partial charge in [-0.25, -0.2) is 4.98 Å². The lowest BCUT2D eigenvalue weighted by Crippen LogP contribution is -1.85. The summed E-state index contributed by atoms with van der Waals surface area (Å²) in [4.78, 5) is 8.53. The van der Waals surface area contributed by atoms with Crippen molar-refractivity contribution in [1.82, 2.24) is 20.2 Å². The van der Waals surface area contributed by atoms with Gasteiger partial charge in [0.15, 0.2) is 5.01 Å². The zero-order chi connectivity index (χ0) is 10.1. The van der Waals surface area contributed by atoms with E-state index in [1.807, 2.05) is 18.2 Å². The number of fused-ring (bicyclic) bond motifs is 1. The third kappa shape index (κ3) is 1.46. The molecule has 15 heavy (non-hydrogen) atoms. The lowest BCUT2D eigenvalue weighted by atomic mass is 10.2. The maximum Gasteiger partial charge on any atom is 0.166 e. The van der Waals surface area contributed by atoms with Crippen LogP contribution in [0.4, 0.5) is 0 Å². The molecule has 3 rings (SSSR count). The number of hydrogen-bond donors (Lipinski definition) is 0. The molecule has 0 atom stereocenters. The molecular weight excluding hydrogens is 208 g/mol. The molecule has 0 spiro atoms. The van der Waals surface area contributed by atoms with E-state index in [1.165, 1.54) is 11.3 Å². The molecule has 0 radical (unpaired) electrons. The molecule has 4 nitrogen and oxygen atoms in total. The molecule has 5 heteroatoms. The molecule has 0 aliphatic rings. The van der Waals surface area contributed by atoms with E-state index < -0.39 is 0 Å². The SMILES string of the molecule is c1cc2nc(-c3nncs3)ccc2cn1. The van der Waals surface area contributed by atoms with E-state index in [0.29, 0.717) is 0 Å². The third-order valence-corrected chi connectivity index (χ3v) is 2.78. The lowest BCUT2D eigenvalue weighted by Gasteiger charge is -1.98. The van der Waals surface area contributed by atoms with Gasteiger partial charge in [-0.2, -0.15) is 0 Å². The van der Waals surface area contributed by atoms with Gasteiger partial charge in [0.1, 0.15) is 11.2 Å². The smallest absolute Gasteiger partial charge is 0.166 e. The van der Waals surface area contributed by atoms with Crippen LogP contribution in [-0.2, 0) is 0 Å². The Morgan fingerprint density at radius 3 is 3.00 bits per heavy atom. The van der Waals surface area contributed by atoms with E-state index in [-0.39, 0.29) is 0 Å². The average Bonchev–Trinajstić information content (AvgIpc) is 2.82. The molecule has 0 unspecified atom stereocenters. The molecule has 0 aliphatic heterocycles. The van der Waals surface area contributed by atoms with Crippen LogP contribution in [-0.4, -0.2) is 20.2 Å². The summed E-state index contributed by atoms with van der Waals surface area (Å²) in [7, 11) is 0. The molecule has 0 fully saturated rings. The van der Waals surface area contributed by atoms with Crippen LogP contribution in [0.2, 0.25) is 0 Å². The number of aromatic nitrogens is 4. The zero-order valence-electron chi connectivity index (χ0n) is 7.66. The van der Waals surface area contributed by atoms with Gasteiger partial charge >= 0.3 is 0 Å². The highest BCUT2D eigenvalue weighted by Gasteiger charge is 2.03. The maximum atomic E-state index is 4.49. The second-order valence-corrected chi connectivity index (χ2v) is 3.84. The van der Waals surface area contributed by atoms with E-state index in [2.05, 4.69) is 20.2 Å². The fraction of sp³-hybridized carbons (Fsp3) is 0. The Morgan fingerprint density at radius 2 is 2.13 bits per heavy atom. The Morgan fingerprint density at radius 1 is 1.13 bits per heavy atom. The standard InChI is InChI=1S/C10H6N4S/c1-2-9(10-14-12-6-15-10)13-8-3-4-11-5-7(1)8/h1-6H. The highest BCUT2D eigenvalue weighted by molar-refractivity contribution is 7.12. The average molecular weight is 214 g/mol. The van der Waals surface area contributed by atoms with Gasteiger partial charge in [0.25, 0.3) is 0 Å². The third-order valence-electron chi connectivity index (χ3n) is 2.07. The Hall–Kier alpha value is -1.88. The molecule has 0 aliphatic carbocycles.